The molecule has 0 radical (unpaired) electrons. The van der Waals surface area contributed by atoms with Crippen LogP contribution < -0.4 is 14.2 Å². The van der Waals surface area contributed by atoms with Crippen molar-refractivity contribution in [2.24, 2.45) is 0 Å². The summed E-state index contributed by atoms with van der Waals surface area (Å²) >= 11 is 0. The average molecular weight is 302 g/mol. The number of fused-ring (bicyclic) bond motifs is 5. The van der Waals surface area contributed by atoms with Crippen molar-refractivity contribution in [1.82, 2.24) is 0 Å². The Hall–Kier alpha value is -2.60. The van der Waals surface area contributed by atoms with Crippen LogP contribution in [0.4, 0.5) is 0 Å². The zero-order valence-electron chi connectivity index (χ0n) is 11.7. The number of hydrogen-bond donors (Lipinski definition) is 3. The van der Waals surface area contributed by atoms with Crippen LogP contribution >= 0.6 is 0 Å². The van der Waals surface area contributed by atoms with E-state index in [1.165, 1.54) is 25.3 Å². The van der Waals surface area contributed by atoms with E-state index in [-0.39, 0.29) is 23.7 Å². The van der Waals surface area contributed by atoms with Crippen molar-refractivity contribution in [2.75, 3.05) is 13.7 Å². The Bertz CT molecular complexity index is 771. The largest absolute Gasteiger partial charge is 0.508 e. The van der Waals surface area contributed by atoms with Crippen LogP contribution in [0.25, 0.3) is 0 Å². The Labute approximate surface area is 126 Å². The maximum atomic E-state index is 11.0. The van der Waals surface area contributed by atoms with Gasteiger partial charge >= 0.3 is 0 Å². The Kier molecular flexibility index (Phi) is 2.50. The van der Waals surface area contributed by atoms with E-state index < -0.39 is 11.7 Å². The van der Waals surface area contributed by atoms with E-state index in [2.05, 4.69) is 0 Å². The van der Waals surface area contributed by atoms with Gasteiger partial charge in [0.05, 0.1) is 12.7 Å². The molecule has 0 saturated carbocycles. The fourth-order valence-electron chi connectivity index (χ4n) is 3.10. The van der Waals surface area contributed by atoms with Gasteiger partial charge < -0.3 is 29.5 Å². The minimum atomic E-state index is -1.49. The second-order valence-corrected chi connectivity index (χ2v) is 5.45. The maximum Gasteiger partial charge on any atom is 0.172 e. The monoisotopic (exact) mass is 302 g/mol. The molecule has 3 N–H and O–H groups in total. The van der Waals surface area contributed by atoms with Gasteiger partial charge in [-0.25, -0.2) is 0 Å². The molecule has 2 atom stereocenters. The summed E-state index contributed by atoms with van der Waals surface area (Å²) in [5.74, 6) is 1.21. The molecule has 0 fully saturated rings. The minimum Gasteiger partial charge on any atom is -0.508 e. The predicted octanol–water partition coefficient (Wildman–Crippen LogP) is 1.82. The number of phenolic OH excluding ortho intramolecular Hbond substituents is 2. The van der Waals surface area contributed by atoms with Gasteiger partial charge in [-0.05, 0) is 12.1 Å². The van der Waals surface area contributed by atoms with Crippen molar-refractivity contribution >= 4 is 0 Å². The van der Waals surface area contributed by atoms with Gasteiger partial charge in [-0.3, -0.25) is 0 Å². The molecule has 0 amide bonds. The molecular formula is C16H14O6. The molecule has 2 aliphatic heterocycles. The van der Waals surface area contributed by atoms with E-state index in [0.29, 0.717) is 22.8 Å². The fraction of sp³-hybridized carbons (Fsp3) is 0.250. The number of rotatable bonds is 1. The van der Waals surface area contributed by atoms with Crippen LogP contribution in [-0.2, 0) is 5.60 Å². The SMILES string of the molecule is COc1cc(O)c2c(c1)O[C@H]1c3ccc(O)cc3OC[C@@]21O. The molecule has 114 valence electrons. The maximum absolute atomic E-state index is 11.0. The molecule has 4 rings (SSSR count). The molecule has 0 spiro atoms. The Balaban J connectivity index is 1.88. The number of benzene rings is 2. The zero-order chi connectivity index (χ0) is 15.5. The first-order valence-electron chi connectivity index (χ1n) is 6.79. The number of hydrogen-bond acceptors (Lipinski definition) is 6. The summed E-state index contributed by atoms with van der Waals surface area (Å²) in [5, 5.41) is 30.8. The highest BCUT2D eigenvalue weighted by Crippen LogP contribution is 2.57. The van der Waals surface area contributed by atoms with Crippen molar-refractivity contribution in [3.63, 3.8) is 0 Å². The van der Waals surface area contributed by atoms with Gasteiger partial charge in [-0.15, -0.1) is 0 Å². The summed E-state index contributed by atoms with van der Waals surface area (Å²) in [7, 11) is 1.49. The highest BCUT2D eigenvalue weighted by Gasteiger charge is 2.54. The highest BCUT2D eigenvalue weighted by atomic mass is 16.5. The molecule has 22 heavy (non-hydrogen) atoms. The molecule has 2 aromatic carbocycles. The standard InChI is InChI=1S/C16H14O6/c1-20-9-5-11(18)14-13(6-9)22-15-10-3-2-8(17)4-12(10)21-7-16(14,15)19/h2-6,15,17-19H,7H2,1H3/t15-,16+/m0/s1. The van der Waals surface area contributed by atoms with E-state index in [4.69, 9.17) is 14.2 Å². The molecule has 2 aliphatic rings. The van der Waals surface area contributed by atoms with E-state index in [1.807, 2.05) is 0 Å². The highest BCUT2D eigenvalue weighted by molar-refractivity contribution is 5.59. The summed E-state index contributed by atoms with van der Waals surface area (Å²) in [6.45, 7) is -0.0823. The second-order valence-electron chi connectivity index (χ2n) is 5.45. The minimum absolute atomic E-state index is 0.0733. The first-order valence-corrected chi connectivity index (χ1v) is 6.79. The van der Waals surface area contributed by atoms with Crippen LogP contribution in [0.5, 0.6) is 28.7 Å². The van der Waals surface area contributed by atoms with E-state index >= 15 is 0 Å². The second kappa shape index (κ2) is 4.20. The molecule has 6 heteroatoms. The molecule has 6 nitrogen and oxygen atoms in total. The van der Waals surface area contributed by atoms with Gasteiger partial charge in [0.15, 0.2) is 11.7 Å². The molecule has 0 aromatic heterocycles. The number of methoxy groups -OCH3 is 1. The van der Waals surface area contributed by atoms with Gasteiger partial charge in [0.2, 0.25) is 0 Å². The first kappa shape index (κ1) is 13.1. The molecule has 0 aliphatic carbocycles. The number of phenols is 2. The lowest BCUT2D eigenvalue weighted by molar-refractivity contribution is -0.0871. The third-order valence-corrected chi connectivity index (χ3v) is 4.13. The van der Waals surface area contributed by atoms with Crippen LogP contribution in [-0.4, -0.2) is 29.0 Å². The van der Waals surface area contributed by atoms with Crippen molar-refractivity contribution in [2.45, 2.75) is 11.7 Å². The zero-order valence-corrected chi connectivity index (χ0v) is 11.7. The van der Waals surface area contributed by atoms with Gasteiger partial charge in [0.25, 0.3) is 0 Å². The number of aromatic hydroxyl groups is 2. The lowest BCUT2D eigenvalue weighted by Gasteiger charge is -2.34. The van der Waals surface area contributed by atoms with Crippen LogP contribution in [0.3, 0.4) is 0 Å². The molecule has 2 aromatic rings. The van der Waals surface area contributed by atoms with Gasteiger partial charge in [0, 0.05) is 23.8 Å². The normalized spacial score (nSPS) is 24.5. The third kappa shape index (κ3) is 1.58. The molecule has 2 heterocycles. The summed E-state index contributed by atoms with van der Waals surface area (Å²) in [4.78, 5) is 0. The summed E-state index contributed by atoms with van der Waals surface area (Å²) in [6, 6.07) is 7.66. The predicted molar refractivity (Wildman–Crippen MR) is 75.5 cm³/mol. The Morgan fingerprint density at radius 3 is 2.77 bits per heavy atom. The lowest BCUT2D eigenvalue weighted by atomic mass is 9.84. The fourth-order valence-corrected chi connectivity index (χ4v) is 3.10. The van der Waals surface area contributed by atoms with Crippen molar-refractivity contribution in [3.05, 3.63) is 41.5 Å². The summed E-state index contributed by atoms with van der Waals surface area (Å²) in [6.07, 6.45) is -0.718. The number of aliphatic hydroxyl groups is 1. The molecule has 0 bridgehead atoms. The topological polar surface area (TPSA) is 88.4 Å². The first-order chi connectivity index (χ1) is 10.5. The van der Waals surface area contributed by atoms with E-state index in [0.717, 1.165) is 0 Å². The molecule has 0 unspecified atom stereocenters. The Morgan fingerprint density at radius 2 is 2.00 bits per heavy atom. The summed E-state index contributed by atoms with van der Waals surface area (Å²) < 4.78 is 16.5. The molecular weight excluding hydrogens is 288 g/mol. The van der Waals surface area contributed by atoms with Crippen molar-refractivity contribution in [3.8, 4) is 28.7 Å². The van der Waals surface area contributed by atoms with Gasteiger partial charge in [-0.2, -0.15) is 0 Å². The average Bonchev–Trinajstić information content (AvgIpc) is 2.80. The quantitative estimate of drug-likeness (QED) is 0.744. The smallest absolute Gasteiger partial charge is 0.172 e. The van der Waals surface area contributed by atoms with Crippen LogP contribution in [0.2, 0.25) is 0 Å². The van der Waals surface area contributed by atoms with Crippen LogP contribution in [0.15, 0.2) is 30.3 Å². The van der Waals surface area contributed by atoms with Crippen LogP contribution in [0, 0.1) is 0 Å². The van der Waals surface area contributed by atoms with Crippen LogP contribution in [0.1, 0.15) is 17.2 Å². The number of ether oxygens (including phenoxy) is 3. The Morgan fingerprint density at radius 1 is 1.18 bits per heavy atom. The van der Waals surface area contributed by atoms with Gasteiger partial charge in [0.1, 0.15) is 35.4 Å². The van der Waals surface area contributed by atoms with E-state index in [1.54, 1.807) is 12.1 Å². The lowest BCUT2D eigenvalue weighted by Crippen LogP contribution is -2.41. The third-order valence-electron chi connectivity index (χ3n) is 4.13. The summed E-state index contributed by atoms with van der Waals surface area (Å²) in [5.41, 5.74) is -0.589. The van der Waals surface area contributed by atoms with Gasteiger partial charge in [-0.1, -0.05) is 0 Å². The van der Waals surface area contributed by atoms with E-state index in [9.17, 15) is 15.3 Å². The van der Waals surface area contributed by atoms with Crippen molar-refractivity contribution in [1.29, 1.82) is 0 Å². The van der Waals surface area contributed by atoms with Crippen molar-refractivity contribution < 1.29 is 29.5 Å². The molecule has 0 saturated heterocycles.